The van der Waals surface area contributed by atoms with E-state index in [1.165, 1.54) is 16.0 Å². The number of nitrogens with one attached hydrogen (secondary N) is 1. The fourth-order valence-corrected chi connectivity index (χ4v) is 1.89. The molecule has 72 valence electrons. The normalized spacial score (nSPS) is 11.8. The Hall–Kier alpha value is -1.03. The highest BCUT2D eigenvalue weighted by Gasteiger charge is 2.02. The quantitative estimate of drug-likeness (QED) is 0.556. The lowest BCUT2D eigenvalue weighted by Crippen LogP contribution is -2.30. The summed E-state index contributed by atoms with van der Waals surface area (Å²) >= 11 is 1.77. The summed E-state index contributed by atoms with van der Waals surface area (Å²) < 4.78 is 0. The molecule has 0 aliphatic rings. The van der Waals surface area contributed by atoms with Gasteiger partial charge in [0.05, 0.1) is 0 Å². The Kier molecular flexibility index (Phi) is 3.31. The molecule has 1 heterocycles. The van der Waals surface area contributed by atoms with Crippen molar-refractivity contribution in [1.29, 1.82) is 0 Å². The van der Waals surface area contributed by atoms with Crippen LogP contribution in [0.5, 0.6) is 0 Å². The maximum absolute atomic E-state index is 5.52. The third-order valence-electron chi connectivity index (χ3n) is 2.09. The summed E-state index contributed by atoms with van der Waals surface area (Å²) in [7, 11) is 1.67. The van der Waals surface area contributed by atoms with Crippen molar-refractivity contribution in [3.05, 3.63) is 21.4 Å². The minimum atomic E-state index is 0.489. The third kappa shape index (κ3) is 2.45. The minimum absolute atomic E-state index is 0.489. The number of aryl methyl sites for hydroxylation is 1. The van der Waals surface area contributed by atoms with Crippen LogP contribution in [0.3, 0.4) is 0 Å². The fourth-order valence-electron chi connectivity index (χ4n) is 1.00. The van der Waals surface area contributed by atoms with E-state index in [0.717, 1.165) is 6.54 Å². The van der Waals surface area contributed by atoms with Gasteiger partial charge in [-0.2, -0.15) is 0 Å². The van der Waals surface area contributed by atoms with Crippen LogP contribution in [0.4, 0.5) is 0 Å². The number of aliphatic imine (C=N–C) groups is 1. The average molecular weight is 197 g/mol. The van der Waals surface area contributed by atoms with Gasteiger partial charge in [0, 0.05) is 18.5 Å². The van der Waals surface area contributed by atoms with Crippen molar-refractivity contribution in [2.75, 3.05) is 7.05 Å². The predicted molar refractivity (Wildman–Crippen MR) is 58.2 cm³/mol. The van der Waals surface area contributed by atoms with Gasteiger partial charge in [-0.15, -0.1) is 11.3 Å². The standard InChI is InChI=1S/C9H15N3S/c1-6-7(2)13-5-8(6)4-12-9(10)11-3/h5H,4H2,1-3H3,(H3,10,11,12). The predicted octanol–water partition coefficient (Wildman–Crippen LogP) is 1.40. The topological polar surface area (TPSA) is 50.4 Å². The molecular formula is C9H15N3S. The van der Waals surface area contributed by atoms with E-state index in [9.17, 15) is 0 Å². The van der Waals surface area contributed by atoms with E-state index in [0.29, 0.717) is 5.96 Å². The summed E-state index contributed by atoms with van der Waals surface area (Å²) in [5.74, 6) is 0.489. The van der Waals surface area contributed by atoms with Gasteiger partial charge in [0.2, 0.25) is 0 Å². The Morgan fingerprint density at radius 1 is 1.62 bits per heavy atom. The van der Waals surface area contributed by atoms with Crippen molar-refractivity contribution >= 4 is 17.3 Å². The van der Waals surface area contributed by atoms with Gasteiger partial charge in [-0.25, -0.2) is 0 Å². The van der Waals surface area contributed by atoms with E-state index in [1.807, 2.05) is 0 Å². The molecule has 0 aliphatic heterocycles. The van der Waals surface area contributed by atoms with Gasteiger partial charge in [0.1, 0.15) is 0 Å². The molecule has 0 aliphatic carbocycles. The summed E-state index contributed by atoms with van der Waals surface area (Å²) in [4.78, 5) is 5.19. The number of hydrogen-bond acceptors (Lipinski definition) is 2. The molecule has 0 aromatic carbocycles. The first-order chi connectivity index (χ1) is 6.15. The Morgan fingerprint density at radius 3 is 2.77 bits per heavy atom. The lowest BCUT2D eigenvalue weighted by Gasteiger charge is -2.03. The van der Waals surface area contributed by atoms with Crippen molar-refractivity contribution in [3.8, 4) is 0 Å². The first-order valence-electron chi connectivity index (χ1n) is 4.15. The second-order valence-electron chi connectivity index (χ2n) is 2.90. The van der Waals surface area contributed by atoms with Gasteiger partial charge < -0.3 is 11.1 Å². The molecule has 0 spiro atoms. The van der Waals surface area contributed by atoms with E-state index < -0.39 is 0 Å². The van der Waals surface area contributed by atoms with Gasteiger partial charge >= 0.3 is 0 Å². The van der Waals surface area contributed by atoms with Gasteiger partial charge in [0.25, 0.3) is 0 Å². The molecule has 0 atom stereocenters. The molecule has 0 saturated carbocycles. The molecule has 1 aromatic heterocycles. The maximum atomic E-state index is 5.52. The lowest BCUT2D eigenvalue weighted by atomic mass is 10.2. The number of hydrogen-bond donors (Lipinski definition) is 2. The first kappa shape index (κ1) is 10.1. The van der Waals surface area contributed by atoms with E-state index in [2.05, 4.69) is 29.5 Å². The lowest BCUT2D eigenvalue weighted by molar-refractivity contribution is 0.896. The summed E-state index contributed by atoms with van der Waals surface area (Å²) in [6, 6.07) is 0. The summed E-state index contributed by atoms with van der Waals surface area (Å²) in [5.41, 5.74) is 8.17. The second-order valence-corrected chi connectivity index (χ2v) is 3.99. The van der Waals surface area contributed by atoms with Gasteiger partial charge in [-0.1, -0.05) is 0 Å². The Morgan fingerprint density at radius 2 is 2.31 bits per heavy atom. The number of rotatable bonds is 2. The molecule has 4 heteroatoms. The molecule has 3 N–H and O–H groups in total. The number of nitrogens with zero attached hydrogens (tertiary/aromatic N) is 1. The second kappa shape index (κ2) is 4.28. The smallest absolute Gasteiger partial charge is 0.188 e. The first-order valence-corrected chi connectivity index (χ1v) is 5.02. The number of thiophene rings is 1. The van der Waals surface area contributed by atoms with Gasteiger partial charge in [0.15, 0.2) is 5.96 Å². The van der Waals surface area contributed by atoms with Gasteiger partial charge in [-0.05, 0) is 30.4 Å². The van der Waals surface area contributed by atoms with Crippen LogP contribution in [0.25, 0.3) is 0 Å². The zero-order chi connectivity index (χ0) is 9.84. The fraction of sp³-hybridized carbons (Fsp3) is 0.444. The van der Waals surface area contributed by atoms with Crippen LogP contribution in [0.1, 0.15) is 16.0 Å². The van der Waals surface area contributed by atoms with Crippen molar-refractivity contribution < 1.29 is 0 Å². The number of nitrogens with two attached hydrogens (primary N) is 1. The van der Waals surface area contributed by atoms with Crippen molar-refractivity contribution in [3.63, 3.8) is 0 Å². The molecule has 0 unspecified atom stereocenters. The maximum Gasteiger partial charge on any atom is 0.188 e. The molecule has 1 aromatic rings. The summed E-state index contributed by atoms with van der Waals surface area (Å²) in [6.07, 6.45) is 0. The number of guanidine groups is 1. The van der Waals surface area contributed by atoms with E-state index in [4.69, 9.17) is 5.73 Å². The Bertz CT molecular complexity index is 315. The zero-order valence-electron chi connectivity index (χ0n) is 8.22. The van der Waals surface area contributed by atoms with Crippen LogP contribution in [0.2, 0.25) is 0 Å². The highest BCUT2D eigenvalue weighted by molar-refractivity contribution is 7.10. The molecule has 3 nitrogen and oxygen atoms in total. The van der Waals surface area contributed by atoms with Crippen LogP contribution in [-0.2, 0) is 6.54 Å². The summed E-state index contributed by atoms with van der Waals surface area (Å²) in [6.45, 7) is 5.02. The Labute approximate surface area is 82.7 Å². The van der Waals surface area contributed by atoms with Crippen molar-refractivity contribution in [2.45, 2.75) is 20.4 Å². The van der Waals surface area contributed by atoms with E-state index in [-0.39, 0.29) is 0 Å². The molecule has 1 rings (SSSR count). The average Bonchev–Trinajstić information content (AvgIpc) is 2.44. The Balaban J connectivity index is 2.60. The van der Waals surface area contributed by atoms with Crippen molar-refractivity contribution in [2.24, 2.45) is 10.7 Å². The molecule has 0 bridgehead atoms. The van der Waals surface area contributed by atoms with Crippen LogP contribution >= 0.6 is 11.3 Å². The van der Waals surface area contributed by atoms with Crippen LogP contribution in [-0.4, -0.2) is 13.0 Å². The molecule has 13 heavy (non-hydrogen) atoms. The monoisotopic (exact) mass is 197 g/mol. The van der Waals surface area contributed by atoms with Crippen LogP contribution in [0, 0.1) is 13.8 Å². The van der Waals surface area contributed by atoms with Crippen LogP contribution < -0.4 is 11.1 Å². The van der Waals surface area contributed by atoms with Crippen molar-refractivity contribution in [1.82, 2.24) is 5.32 Å². The van der Waals surface area contributed by atoms with Crippen LogP contribution in [0.15, 0.2) is 10.4 Å². The minimum Gasteiger partial charge on any atom is -0.370 e. The SMILES string of the molecule is CN=C(N)NCc1csc(C)c1C. The highest BCUT2D eigenvalue weighted by atomic mass is 32.1. The highest BCUT2D eigenvalue weighted by Crippen LogP contribution is 2.19. The molecule has 0 amide bonds. The molecule has 0 radical (unpaired) electrons. The van der Waals surface area contributed by atoms with E-state index >= 15 is 0 Å². The largest absolute Gasteiger partial charge is 0.370 e. The third-order valence-corrected chi connectivity index (χ3v) is 3.15. The van der Waals surface area contributed by atoms with Gasteiger partial charge in [-0.3, -0.25) is 4.99 Å². The van der Waals surface area contributed by atoms with E-state index in [1.54, 1.807) is 18.4 Å². The molecule has 0 fully saturated rings. The zero-order valence-corrected chi connectivity index (χ0v) is 9.03. The molecule has 0 saturated heterocycles. The molecular weight excluding hydrogens is 182 g/mol. The summed E-state index contributed by atoms with van der Waals surface area (Å²) in [5, 5.41) is 5.19.